The van der Waals surface area contributed by atoms with Crippen molar-refractivity contribution in [1.82, 2.24) is 16.0 Å². The quantitative estimate of drug-likeness (QED) is 0.126. The fourth-order valence-electron chi connectivity index (χ4n) is 2.81. The smallest absolute Gasteiger partial charge is 0.326 e. The molecule has 0 saturated carbocycles. The average Bonchev–Trinajstić information content (AvgIpc) is 2.75. The first kappa shape index (κ1) is 31.1. The molecule has 194 valence electrons. The minimum Gasteiger partial charge on any atom is -0.481 e. The number of carbonyl (C=O) groups is 6. The fourth-order valence-corrected chi connectivity index (χ4v) is 3.28. The van der Waals surface area contributed by atoms with E-state index in [2.05, 4.69) is 16.0 Å². The van der Waals surface area contributed by atoms with E-state index in [1.54, 1.807) is 20.1 Å². The van der Waals surface area contributed by atoms with Crippen LogP contribution in [0.5, 0.6) is 0 Å². The molecule has 0 radical (unpaired) electrons. The third-order valence-electron chi connectivity index (χ3n) is 5.03. The summed E-state index contributed by atoms with van der Waals surface area (Å²) in [5, 5.41) is 34.3. The Balaban J connectivity index is 5.59. The molecule has 0 heterocycles. The maximum Gasteiger partial charge on any atom is 0.326 e. The van der Waals surface area contributed by atoms with Crippen molar-refractivity contribution in [2.45, 2.75) is 70.1 Å². The summed E-state index contributed by atoms with van der Waals surface area (Å²) in [5.41, 5.74) is 5.54. The molecule has 0 aromatic heterocycles. The maximum absolute atomic E-state index is 12.9. The fraction of sp³-hybridized carbons (Fsp3) is 0.700. The maximum atomic E-state index is 12.9. The Morgan fingerprint density at radius 2 is 1.38 bits per heavy atom. The molecule has 0 aliphatic rings. The highest BCUT2D eigenvalue weighted by Gasteiger charge is 2.32. The molecule has 0 bridgehead atoms. The summed E-state index contributed by atoms with van der Waals surface area (Å²) in [4.78, 5) is 71.2. The van der Waals surface area contributed by atoms with Crippen LogP contribution in [-0.2, 0) is 28.8 Å². The van der Waals surface area contributed by atoms with Crippen molar-refractivity contribution in [2.75, 3.05) is 12.0 Å². The zero-order valence-corrected chi connectivity index (χ0v) is 20.2. The van der Waals surface area contributed by atoms with Crippen LogP contribution >= 0.6 is 11.8 Å². The monoisotopic (exact) mass is 506 g/mol. The van der Waals surface area contributed by atoms with Crippen LogP contribution in [0.2, 0.25) is 0 Å². The van der Waals surface area contributed by atoms with E-state index in [4.69, 9.17) is 15.9 Å². The molecule has 0 saturated heterocycles. The Morgan fingerprint density at radius 1 is 0.853 bits per heavy atom. The Hall–Kier alpha value is -2.87. The van der Waals surface area contributed by atoms with Crippen LogP contribution in [0.4, 0.5) is 0 Å². The second kappa shape index (κ2) is 15.9. The van der Waals surface area contributed by atoms with Crippen LogP contribution in [0.3, 0.4) is 0 Å². The molecular formula is C20H34N4O9S. The van der Waals surface area contributed by atoms with Gasteiger partial charge in [0.15, 0.2) is 0 Å². The van der Waals surface area contributed by atoms with Gasteiger partial charge in [0.2, 0.25) is 17.7 Å². The van der Waals surface area contributed by atoms with E-state index in [1.807, 2.05) is 0 Å². The van der Waals surface area contributed by atoms with Crippen molar-refractivity contribution in [1.29, 1.82) is 0 Å². The van der Waals surface area contributed by atoms with E-state index in [1.165, 1.54) is 11.8 Å². The Kier molecular flexibility index (Phi) is 14.5. The van der Waals surface area contributed by atoms with Gasteiger partial charge in [0.05, 0.1) is 12.5 Å². The lowest BCUT2D eigenvalue weighted by atomic mass is 9.98. The third-order valence-corrected chi connectivity index (χ3v) is 5.68. The molecule has 0 fully saturated rings. The number of nitrogens with two attached hydrogens (primary N) is 1. The number of carbonyl (C=O) groups excluding carboxylic acids is 3. The van der Waals surface area contributed by atoms with Crippen LogP contribution in [0, 0.1) is 5.92 Å². The summed E-state index contributed by atoms with van der Waals surface area (Å²) in [6.45, 7) is 3.36. The number of hydrogen-bond donors (Lipinski definition) is 7. The summed E-state index contributed by atoms with van der Waals surface area (Å²) in [6.07, 6.45) is 0.876. The Labute approximate surface area is 201 Å². The van der Waals surface area contributed by atoms with Gasteiger partial charge in [-0.15, -0.1) is 0 Å². The van der Waals surface area contributed by atoms with Crippen LogP contribution < -0.4 is 21.7 Å². The highest BCUT2D eigenvalue weighted by molar-refractivity contribution is 7.98. The van der Waals surface area contributed by atoms with Gasteiger partial charge in [-0.1, -0.05) is 20.3 Å². The van der Waals surface area contributed by atoms with Crippen LogP contribution in [0.1, 0.15) is 46.0 Å². The average molecular weight is 507 g/mol. The highest BCUT2D eigenvalue weighted by Crippen LogP contribution is 2.10. The summed E-state index contributed by atoms with van der Waals surface area (Å²) in [6, 6.07) is -5.21. The van der Waals surface area contributed by atoms with Crippen LogP contribution in [0.15, 0.2) is 0 Å². The topological polar surface area (TPSA) is 225 Å². The first-order chi connectivity index (χ1) is 15.8. The van der Waals surface area contributed by atoms with Gasteiger partial charge in [-0.2, -0.15) is 11.8 Å². The number of rotatable bonds is 17. The van der Waals surface area contributed by atoms with Gasteiger partial charge < -0.3 is 37.0 Å². The van der Waals surface area contributed by atoms with Crippen molar-refractivity contribution >= 4 is 47.4 Å². The van der Waals surface area contributed by atoms with Crippen molar-refractivity contribution in [3.63, 3.8) is 0 Å². The summed E-state index contributed by atoms with van der Waals surface area (Å²) >= 11 is 1.37. The minimum atomic E-state index is -1.40. The molecule has 0 aromatic carbocycles. The summed E-state index contributed by atoms with van der Waals surface area (Å²) in [5.74, 6) is -6.37. The molecule has 5 unspecified atom stereocenters. The third kappa shape index (κ3) is 11.8. The number of amides is 3. The first-order valence-corrected chi connectivity index (χ1v) is 12.0. The van der Waals surface area contributed by atoms with Gasteiger partial charge in [0.1, 0.15) is 18.1 Å². The van der Waals surface area contributed by atoms with Crippen LogP contribution in [-0.4, -0.2) is 87.1 Å². The first-order valence-electron chi connectivity index (χ1n) is 10.7. The molecule has 13 nitrogen and oxygen atoms in total. The predicted molar refractivity (Wildman–Crippen MR) is 123 cm³/mol. The molecule has 14 heteroatoms. The van der Waals surface area contributed by atoms with Crippen molar-refractivity contribution in [2.24, 2.45) is 11.7 Å². The van der Waals surface area contributed by atoms with E-state index in [9.17, 15) is 33.9 Å². The van der Waals surface area contributed by atoms with Gasteiger partial charge in [0, 0.05) is 6.42 Å². The Morgan fingerprint density at radius 3 is 1.85 bits per heavy atom. The van der Waals surface area contributed by atoms with Crippen molar-refractivity contribution in [3.05, 3.63) is 0 Å². The van der Waals surface area contributed by atoms with Gasteiger partial charge in [-0.05, 0) is 30.8 Å². The minimum absolute atomic E-state index is 0.121. The number of hydrogen-bond acceptors (Lipinski definition) is 8. The molecule has 0 aromatic rings. The summed E-state index contributed by atoms with van der Waals surface area (Å²) in [7, 11) is 0. The highest BCUT2D eigenvalue weighted by atomic mass is 32.2. The van der Waals surface area contributed by atoms with Gasteiger partial charge in [-0.3, -0.25) is 24.0 Å². The number of thioether (sulfide) groups is 1. The number of aliphatic carboxylic acids is 3. The van der Waals surface area contributed by atoms with Crippen molar-refractivity contribution < 1.29 is 44.1 Å². The molecule has 0 rings (SSSR count). The zero-order chi connectivity index (χ0) is 26.4. The number of carboxylic acid groups (broad SMARTS) is 3. The van der Waals surface area contributed by atoms with E-state index in [0.29, 0.717) is 12.2 Å². The van der Waals surface area contributed by atoms with Gasteiger partial charge in [0.25, 0.3) is 0 Å². The van der Waals surface area contributed by atoms with E-state index in [-0.39, 0.29) is 12.8 Å². The largest absolute Gasteiger partial charge is 0.481 e. The molecule has 5 atom stereocenters. The predicted octanol–water partition coefficient (Wildman–Crippen LogP) is -1.01. The summed E-state index contributed by atoms with van der Waals surface area (Å²) < 4.78 is 0. The SMILES string of the molecule is CCC(C)C(NC(=O)C(CCC(=O)O)NC(=O)C(CCSC)NC(=O)C(N)CC(=O)O)C(=O)O. The molecular weight excluding hydrogens is 472 g/mol. The van der Waals surface area contributed by atoms with Gasteiger partial charge in [-0.25, -0.2) is 4.79 Å². The second-order valence-corrected chi connectivity index (χ2v) is 8.74. The lowest BCUT2D eigenvalue weighted by Gasteiger charge is -2.26. The lowest BCUT2D eigenvalue weighted by molar-refractivity contribution is -0.144. The lowest BCUT2D eigenvalue weighted by Crippen LogP contribution is -2.58. The normalized spacial score (nSPS) is 15.2. The molecule has 8 N–H and O–H groups in total. The number of nitrogens with one attached hydrogen (secondary N) is 3. The molecule has 0 spiro atoms. The van der Waals surface area contributed by atoms with E-state index in [0.717, 1.165) is 0 Å². The molecule has 3 amide bonds. The van der Waals surface area contributed by atoms with Gasteiger partial charge >= 0.3 is 17.9 Å². The molecule has 34 heavy (non-hydrogen) atoms. The molecule has 0 aliphatic heterocycles. The van der Waals surface area contributed by atoms with E-state index < -0.39 is 78.6 Å². The van der Waals surface area contributed by atoms with Crippen molar-refractivity contribution in [3.8, 4) is 0 Å². The second-order valence-electron chi connectivity index (χ2n) is 7.75. The number of carboxylic acids is 3. The molecule has 0 aliphatic carbocycles. The zero-order valence-electron chi connectivity index (χ0n) is 19.4. The standard InChI is InChI=1S/C20H34N4O9S/c1-4-10(2)16(20(32)33)24-19(31)12(5-6-14(25)26)23-18(30)13(7-8-34-3)22-17(29)11(21)9-15(27)28/h10-13,16H,4-9,21H2,1-3H3,(H,22,29)(H,23,30)(H,24,31)(H,25,26)(H,27,28)(H,32,33). The van der Waals surface area contributed by atoms with Crippen LogP contribution in [0.25, 0.3) is 0 Å². The Bertz CT molecular complexity index is 750. The van der Waals surface area contributed by atoms with E-state index >= 15 is 0 Å².